The molecule has 67 heavy (non-hydrogen) atoms. The number of carbonyl (C=O) groups is 2. The zero-order chi connectivity index (χ0) is 49.2. The van der Waals surface area contributed by atoms with Crippen molar-refractivity contribution >= 4 is 19.8 Å². The molecule has 0 saturated carbocycles. The van der Waals surface area contributed by atoms with Gasteiger partial charge in [0.25, 0.3) is 0 Å². The third-order valence-corrected chi connectivity index (χ3v) is 13.1. The Labute approximate surface area is 414 Å². The summed E-state index contributed by atoms with van der Waals surface area (Å²) >= 11 is 0. The van der Waals surface area contributed by atoms with Crippen LogP contribution in [0.2, 0.25) is 0 Å². The second kappa shape index (κ2) is 49.0. The molecule has 0 heterocycles. The van der Waals surface area contributed by atoms with E-state index in [2.05, 4.69) is 62.5 Å². The fraction of sp³-hybridized carbons (Fsp3) is 0.825. The number of rotatable bonds is 51. The number of hydrogen-bond acceptors (Lipinski definition) is 7. The Balaban J connectivity index is 4.17. The zero-order valence-corrected chi connectivity index (χ0v) is 45.3. The van der Waals surface area contributed by atoms with Crippen molar-refractivity contribution in [3.8, 4) is 0 Å². The smallest absolute Gasteiger partial charge is 0.462 e. The minimum Gasteiger partial charge on any atom is -0.462 e. The van der Waals surface area contributed by atoms with E-state index in [1.54, 1.807) is 0 Å². The molecule has 392 valence electrons. The van der Waals surface area contributed by atoms with Crippen LogP contribution in [0.3, 0.4) is 0 Å². The molecule has 0 saturated heterocycles. The van der Waals surface area contributed by atoms with Crippen LogP contribution in [0.25, 0.3) is 0 Å². The molecule has 2 atom stereocenters. The maximum Gasteiger partial charge on any atom is 0.472 e. The number of nitrogens with zero attached hydrogens (tertiary/aromatic N) is 1. The number of esters is 2. The van der Waals surface area contributed by atoms with Gasteiger partial charge in [-0.1, -0.05) is 210 Å². The molecule has 0 fully saturated rings. The molecule has 10 heteroatoms. The minimum absolute atomic E-state index is 0.0297. The van der Waals surface area contributed by atoms with Crippen LogP contribution >= 0.6 is 7.82 Å². The average Bonchev–Trinajstić information content (AvgIpc) is 3.29. The van der Waals surface area contributed by atoms with E-state index in [0.29, 0.717) is 17.4 Å². The summed E-state index contributed by atoms with van der Waals surface area (Å²) in [5, 5.41) is 0. The van der Waals surface area contributed by atoms with Crippen LogP contribution in [0.15, 0.2) is 48.6 Å². The van der Waals surface area contributed by atoms with E-state index >= 15 is 0 Å². The average molecular weight is 965 g/mol. The van der Waals surface area contributed by atoms with Crippen molar-refractivity contribution in [3.63, 3.8) is 0 Å². The summed E-state index contributed by atoms with van der Waals surface area (Å²) in [4.78, 5) is 35.6. The van der Waals surface area contributed by atoms with Crippen LogP contribution in [-0.2, 0) is 32.7 Å². The van der Waals surface area contributed by atoms with E-state index in [1.165, 1.54) is 148 Å². The Bertz CT molecular complexity index is 1270. The number of hydrogen-bond donors (Lipinski definition) is 1. The minimum atomic E-state index is -4.38. The molecule has 0 aliphatic rings. The van der Waals surface area contributed by atoms with Gasteiger partial charge >= 0.3 is 19.8 Å². The predicted molar refractivity (Wildman–Crippen MR) is 284 cm³/mol. The summed E-state index contributed by atoms with van der Waals surface area (Å²) in [6, 6.07) is 0. The SMILES string of the molecule is CCCCCCC/C=C\C/C=C\C/C=C\CCCCCCCCCCCCCCC(=O)OC(COC(=O)CCCCCCC/C=C\CCCCCCCCC)COP(=O)(O)OCC[N+](C)(C)C. The van der Waals surface area contributed by atoms with E-state index in [4.69, 9.17) is 18.5 Å². The van der Waals surface area contributed by atoms with Crippen molar-refractivity contribution in [1.29, 1.82) is 0 Å². The van der Waals surface area contributed by atoms with Gasteiger partial charge in [0.1, 0.15) is 19.8 Å². The Morgan fingerprint density at radius 3 is 1.21 bits per heavy atom. The second-order valence-electron chi connectivity index (χ2n) is 20.0. The van der Waals surface area contributed by atoms with Gasteiger partial charge in [-0.2, -0.15) is 0 Å². The molecule has 0 aliphatic heterocycles. The van der Waals surface area contributed by atoms with Gasteiger partial charge in [-0.3, -0.25) is 18.6 Å². The van der Waals surface area contributed by atoms with Crippen molar-refractivity contribution in [2.24, 2.45) is 0 Å². The number of phosphoric ester groups is 1. The monoisotopic (exact) mass is 965 g/mol. The maximum absolute atomic E-state index is 12.8. The third kappa shape index (κ3) is 53.2. The number of quaternary nitrogens is 1. The summed E-state index contributed by atoms with van der Waals surface area (Å²) in [6.07, 6.45) is 60.3. The second-order valence-corrected chi connectivity index (χ2v) is 21.4. The molecule has 1 N–H and O–H groups in total. The highest BCUT2D eigenvalue weighted by Crippen LogP contribution is 2.43. The van der Waals surface area contributed by atoms with Crippen molar-refractivity contribution < 1.29 is 42.1 Å². The van der Waals surface area contributed by atoms with Gasteiger partial charge in [-0.05, 0) is 77.0 Å². The molecule has 0 aromatic heterocycles. The van der Waals surface area contributed by atoms with E-state index in [9.17, 15) is 19.0 Å². The van der Waals surface area contributed by atoms with Crippen LogP contribution in [0, 0.1) is 0 Å². The number of likely N-dealkylation sites (N-methyl/N-ethyl adjacent to an activating group) is 1. The Kier molecular flexibility index (Phi) is 47.5. The number of carbonyl (C=O) groups excluding carboxylic acids is 2. The van der Waals surface area contributed by atoms with Gasteiger partial charge in [-0.15, -0.1) is 0 Å². The van der Waals surface area contributed by atoms with Gasteiger partial charge in [0.2, 0.25) is 0 Å². The lowest BCUT2D eigenvalue weighted by Gasteiger charge is -2.24. The lowest BCUT2D eigenvalue weighted by Crippen LogP contribution is -2.37. The van der Waals surface area contributed by atoms with Crippen molar-refractivity contribution in [3.05, 3.63) is 48.6 Å². The highest BCUT2D eigenvalue weighted by atomic mass is 31.2. The molecule has 0 aromatic rings. The van der Waals surface area contributed by atoms with Gasteiger partial charge in [0.05, 0.1) is 27.7 Å². The lowest BCUT2D eigenvalue weighted by molar-refractivity contribution is -0.870. The summed E-state index contributed by atoms with van der Waals surface area (Å²) in [6.45, 7) is 4.43. The molecule has 2 unspecified atom stereocenters. The summed E-state index contributed by atoms with van der Waals surface area (Å²) in [5.41, 5.74) is 0. The highest BCUT2D eigenvalue weighted by molar-refractivity contribution is 7.47. The molecule has 0 spiro atoms. The molecule has 0 aliphatic carbocycles. The van der Waals surface area contributed by atoms with Crippen LogP contribution in [0.5, 0.6) is 0 Å². The Morgan fingerprint density at radius 2 is 0.806 bits per heavy atom. The summed E-state index contributed by atoms with van der Waals surface area (Å²) in [7, 11) is 1.47. The van der Waals surface area contributed by atoms with Crippen molar-refractivity contribution in [2.75, 3.05) is 47.5 Å². The van der Waals surface area contributed by atoms with E-state index in [0.717, 1.165) is 70.6 Å². The molecule has 0 aromatic carbocycles. The van der Waals surface area contributed by atoms with Gasteiger partial charge < -0.3 is 18.9 Å². The molecular formula is C57H107NO8P+. The first-order chi connectivity index (χ1) is 32.5. The van der Waals surface area contributed by atoms with Crippen molar-refractivity contribution in [1.82, 2.24) is 0 Å². The van der Waals surface area contributed by atoms with E-state index < -0.39 is 26.5 Å². The van der Waals surface area contributed by atoms with Gasteiger partial charge in [0.15, 0.2) is 6.10 Å². The first-order valence-corrected chi connectivity index (χ1v) is 29.4. The number of ether oxygens (including phenoxy) is 2. The topological polar surface area (TPSA) is 108 Å². The quantitative estimate of drug-likeness (QED) is 0.0211. The highest BCUT2D eigenvalue weighted by Gasteiger charge is 2.27. The molecule has 0 radical (unpaired) electrons. The summed E-state index contributed by atoms with van der Waals surface area (Å²) < 4.78 is 34.5. The standard InChI is InChI=1S/C57H106NO8P/c1-6-8-10-12-14-16-18-20-22-24-25-26-27-28-29-30-31-32-33-34-36-38-40-42-44-46-48-50-57(60)66-55(54-65-67(61,62)64-52-51-58(3,4)5)53-63-56(59)49-47-45-43-41-39-37-35-23-21-19-17-15-13-11-9-7-2/h18,20,23-25,27-28,35,55H,6-17,19,21-22,26,29-34,36-54H2,1-5H3/p+1/b20-18-,25-24-,28-27-,35-23-. The number of phosphoric acid groups is 1. The molecular weight excluding hydrogens is 858 g/mol. The number of allylic oxidation sites excluding steroid dienone is 8. The van der Waals surface area contributed by atoms with Gasteiger partial charge in [0, 0.05) is 12.8 Å². The fourth-order valence-electron chi connectivity index (χ4n) is 7.72. The first kappa shape index (κ1) is 65.0. The molecule has 9 nitrogen and oxygen atoms in total. The fourth-order valence-corrected chi connectivity index (χ4v) is 8.46. The zero-order valence-electron chi connectivity index (χ0n) is 44.4. The lowest BCUT2D eigenvalue weighted by atomic mass is 10.0. The van der Waals surface area contributed by atoms with Crippen molar-refractivity contribution in [2.45, 2.75) is 258 Å². The van der Waals surface area contributed by atoms with Gasteiger partial charge in [-0.25, -0.2) is 4.57 Å². The van der Waals surface area contributed by atoms with Crippen LogP contribution in [0.4, 0.5) is 0 Å². The normalized spacial score (nSPS) is 13.7. The maximum atomic E-state index is 12.8. The van der Waals surface area contributed by atoms with Crippen LogP contribution in [0.1, 0.15) is 251 Å². The largest absolute Gasteiger partial charge is 0.472 e. The Morgan fingerprint density at radius 1 is 0.463 bits per heavy atom. The summed E-state index contributed by atoms with van der Waals surface area (Å²) in [5.74, 6) is -0.803. The third-order valence-electron chi connectivity index (χ3n) is 12.1. The van der Waals surface area contributed by atoms with Crippen LogP contribution < -0.4 is 0 Å². The van der Waals surface area contributed by atoms with E-state index in [-0.39, 0.29) is 32.0 Å². The number of unbranched alkanes of at least 4 members (excludes halogenated alkanes) is 29. The van der Waals surface area contributed by atoms with E-state index in [1.807, 2.05) is 21.1 Å². The van der Waals surface area contributed by atoms with Crippen LogP contribution in [-0.4, -0.2) is 74.9 Å². The first-order valence-electron chi connectivity index (χ1n) is 27.9. The Hall–Kier alpha value is -2.03. The molecule has 0 rings (SSSR count). The predicted octanol–water partition coefficient (Wildman–Crippen LogP) is 17.0. The molecule has 0 amide bonds. The molecule has 0 bridgehead atoms.